The predicted molar refractivity (Wildman–Crippen MR) is 91.2 cm³/mol. The first-order valence-electron chi connectivity index (χ1n) is 6.70. The molecule has 1 atom stereocenters. The maximum atomic E-state index is 6.00. The minimum atomic E-state index is 0.0298. The highest BCUT2D eigenvalue weighted by Gasteiger charge is 2.38. The second kappa shape index (κ2) is 5.64. The lowest BCUT2D eigenvalue weighted by Crippen LogP contribution is -2.32. The summed E-state index contributed by atoms with van der Waals surface area (Å²) in [6.07, 6.45) is 0.0298. The highest BCUT2D eigenvalue weighted by molar-refractivity contribution is 7.80. The van der Waals surface area contributed by atoms with Crippen LogP contribution in [-0.2, 0) is 0 Å². The summed E-state index contributed by atoms with van der Waals surface area (Å²) in [6.45, 7) is 0. The van der Waals surface area contributed by atoms with E-state index >= 15 is 0 Å². The number of thiocarbonyl (C=S) groups is 1. The first kappa shape index (κ1) is 14.3. The molecule has 1 heterocycles. The molecule has 1 aliphatic rings. The second-order valence-electron chi connectivity index (χ2n) is 5.01. The van der Waals surface area contributed by atoms with Gasteiger partial charge < -0.3 is 0 Å². The molecule has 1 saturated heterocycles. The van der Waals surface area contributed by atoms with Gasteiger partial charge in [0.2, 0.25) is 0 Å². The smallest absolute Gasteiger partial charge is 0.192 e. The topological polar surface area (TPSA) is 9.72 Å². The number of hydrogen-bond donors (Lipinski definition) is 0. The number of halogens is 1. The molecule has 0 radical (unpaired) electrons. The Morgan fingerprint density at radius 1 is 0.952 bits per heavy atom. The van der Waals surface area contributed by atoms with Gasteiger partial charge in [0, 0.05) is 24.8 Å². The van der Waals surface area contributed by atoms with Crippen molar-refractivity contribution in [2.45, 2.75) is 6.17 Å². The van der Waals surface area contributed by atoms with E-state index in [0.717, 1.165) is 21.4 Å². The van der Waals surface area contributed by atoms with Gasteiger partial charge in [0.1, 0.15) is 6.17 Å². The number of rotatable bonds is 2. The standard InChI is InChI=1S/C16H16ClN3S/c1-18-15(12-8-10-13(17)11-9-12)20(16(21)19(18)2)14-6-4-3-5-7-14/h3-11,15H,1-2H3. The van der Waals surface area contributed by atoms with Crippen molar-refractivity contribution in [3.63, 3.8) is 0 Å². The SMILES string of the molecule is CN1C(=S)N(c2ccccc2)C(c2ccc(Cl)cc2)N1C. The summed E-state index contributed by atoms with van der Waals surface area (Å²) in [5.74, 6) is 0. The molecule has 21 heavy (non-hydrogen) atoms. The zero-order valence-corrected chi connectivity index (χ0v) is 13.5. The summed E-state index contributed by atoms with van der Waals surface area (Å²) < 4.78 is 0. The third kappa shape index (κ3) is 2.50. The summed E-state index contributed by atoms with van der Waals surface area (Å²) in [4.78, 5) is 2.15. The highest BCUT2D eigenvalue weighted by atomic mass is 35.5. The van der Waals surface area contributed by atoms with Crippen molar-refractivity contribution < 1.29 is 0 Å². The zero-order chi connectivity index (χ0) is 15.0. The Hall–Kier alpha value is -1.62. The molecule has 1 unspecified atom stereocenters. The van der Waals surface area contributed by atoms with E-state index in [1.54, 1.807) is 0 Å². The Labute approximate surface area is 135 Å². The number of benzene rings is 2. The highest BCUT2D eigenvalue weighted by Crippen LogP contribution is 2.36. The van der Waals surface area contributed by atoms with E-state index in [1.165, 1.54) is 0 Å². The van der Waals surface area contributed by atoms with Crippen LogP contribution in [0.3, 0.4) is 0 Å². The van der Waals surface area contributed by atoms with Crippen molar-refractivity contribution >= 4 is 34.6 Å². The van der Waals surface area contributed by atoms with Gasteiger partial charge in [-0.3, -0.25) is 9.91 Å². The van der Waals surface area contributed by atoms with Crippen molar-refractivity contribution in [3.05, 3.63) is 65.2 Å². The monoisotopic (exact) mass is 317 g/mol. The Bertz CT molecular complexity index is 644. The molecule has 1 fully saturated rings. The van der Waals surface area contributed by atoms with Crippen LogP contribution in [0.25, 0.3) is 0 Å². The molecule has 0 N–H and O–H groups in total. The Balaban J connectivity index is 2.06. The van der Waals surface area contributed by atoms with E-state index < -0.39 is 0 Å². The molecular formula is C16H16ClN3S. The van der Waals surface area contributed by atoms with Crippen LogP contribution in [-0.4, -0.2) is 29.2 Å². The van der Waals surface area contributed by atoms with Gasteiger partial charge in [-0.25, -0.2) is 0 Å². The fourth-order valence-corrected chi connectivity index (χ4v) is 3.03. The van der Waals surface area contributed by atoms with Crippen LogP contribution in [0.1, 0.15) is 11.7 Å². The summed E-state index contributed by atoms with van der Waals surface area (Å²) >= 11 is 11.6. The van der Waals surface area contributed by atoms with E-state index in [0.29, 0.717) is 0 Å². The van der Waals surface area contributed by atoms with Gasteiger partial charge in [0.25, 0.3) is 0 Å². The van der Waals surface area contributed by atoms with Crippen molar-refractivity contribution in [1.29, 1.82) is 0 Å². The van der Waals surface area contributed by atoms with Crippen LogP contribution in [0.4, 0.5) is 5.69 Å². The average molecular weight is 318 g/mol. The fraction of sp³-hybridized carbons (Fsp3) is 0.188. The number of hydrogen-bond acceptors (Lipinski definition) is 2. The van der Waals surface area contributed by atoms with Crippen molar-refractivity contribution in [2.24, 2.45) is 0 Å². The number of para-hydroxylation sites is 1. The molecule has 2 aromatic carbocycles. The lowest BCUT2D eigenvalue weighted by molar-refractivity contribution is 0.0935. The van der Waals surface area contributed by atoms with Crippen molar-refractivity contribution in [3.8, 4) is 0 Å². The Morgan fingerprint density at radius 2 is 1.57 bits per heavy atom. The van der Waals surface area contributed by atoms with Gasteiger partial charge in [-0.2, -0.15) is 5.01 Å². The summed E-state index contributed by atoms with van der Waals surface area (Å²) in [5.41, 5.74) is 2.23. The lowest BCUT2D eigenvalue weighted by Gasteiger charge is -2.28. The quantitative estimate of drug-likeness (QED) is 0.776. The lowest BCUT2D eigenvalue weighted by atomic mass is 10.1. The van der Waals surface area contributed by atoms with Gasteiger partial charge in [0.15, 0.2) is 5.11 Å². The minimum absolute atomic E-state index is 0.0298. The van der Waals surface area contributed by atoms with Crippen LogP contribution in [0.5, 0.6) is 0 Å². The van der Waals surface area contributed by atoms with Crippen molar-refractivity contribution in [2.75, 3.05) is 19.0 Å². The van der Waals surface area contributed by atoms with E-state index in [-0.39, 0.29) is 6.17 Å². The van der Waals surface area contributed by atoms with Gasteiger partial charge in [0.05, 0.1) is 0 Å². The molecule has 0 saturated carbocycles. The van der Waals surface area contributed by atoms with Crippen molar-refractivity contribution in [1.82, 2.24) is 10.0 Å². The number of nitrogens with zero attached hydrogens (tertiary/aromatic N) is 3. The summed E-state index contributed by atoms with van der Waals surface area (Å²) in [7, 11) is 4.02. The molecule has 0 aromatic heterocycles. The molecule has 0 spiro atoms. The van der Waals surface area contributed by atoms with Crippen LogP contribution >= 0.6 is 23.8 Å². The van der Waals surface area contributed by atoms with Gasteiger partial charge in [-0.15, -0.1) is 0 Å². The third-order valence-corrected chi connectivity index (χ3v) is 4.47. The predicted octanol–water partition coefficient (Wildman–Crippen LogP) is 3.92. The summed E-state index contributed by atoms with van der Waals surface area (Å²) in [6, 6.07) is 18.1. The first-order chi connectivity index (χ1) is 10.1. The number of anilines is 1. The zero-order valence-electron chi connectivity index (χ0n) is 11.9. The van der Waals surface area contributed by atoms with Crippen LogP contribution in [0, 0.1) is 0 Å². The molecule has 108 valence electrons. The van der Waals surface area contributed by atoms with E-state index in [1.807, 2.05) is 61.6 Å². The van der Waals surface area contributed by atoms with E-state index in [9.17, 15) is 0 Å². The minimum Gasteiger partial charge on any atom is -0.296 e. The molecule has 1 aliphatic heterocycles. The van der Waals surface area contributed by atoms with Gasteiger partial charge in [-0.05, 0) is 42.0 Å². The van der Waals surface area contributed by atoms with Gasteiger partial charge >= 0.3 is 0 Å². The summed E-state index contributed by atoms with van der Waals surface area (Å²) in [5, 5.41) is 5.63. The largest absolute Gasteiger partial charge is 0.296 e. The van der Waals surface area contributed by atoms with Crippen LogP contribution in [0.2, 0.25) is 5.02 Å². The second-order valence-corrected chi connectivity index (χ2v) is 5.81. The molecule has 0 amide bonds. The number of hydrazine groups is 1. The molecular weight excluding hydrogens is 302 g/mol. The Kier molecular flexibility index (Phi) is 3.85. The molecule has 0 bridgehead atoms. The molecule has 3 nitrogen and oxygen atoms in total. The van der Waals surface area contributed by atoms with Crippen LogP contribution < -0.4 is 4.90 Å². The van der Waals surface area contributed by atoms with E-state index in [2.05, 4.69) is 22.0 Å². The fourth-order valence-electron chi connectivity index (χ4n) is 2.57. The maximum Gasteiger partial charge on any atom is 0.192 e. The molecule has 2 aromatic rings. The normalized spacial score (nSPS) is 19.4. The molecule has 0 aliphatic carbocycles. The molecule has 3 rings (SSSR count). The maximum absolute atomic E-state index is 6.00. The first-order valence-corrected chi connectivity index (χ1v) is 7.48. The third-order valence-electron chi connectivity index (χ3n) is 3.76. The van der Waals surface area contributed by atoms with E-state index in [4.69, 9.17) is 23.8 Å². The Morgan fingerprint density at radius 3 is 2.19 bits per heavy atom. The van der Waals surface area contributed by atoms with Gasteiger partial charge in [-0.1, -0.05) is 41.9 Å². The van der Waals surface area contributed by atoms with Crippen LogP contribution in [0.15, 0.2) is 54.6 Å². The molecule has 5 heteroatoms. The average Bonchev–Trinajstić information content (AvgIpc) is 2.73.